The summed E-state index contributed by atoms with van der Waals surface area (Å²) in [4.78, 5) is 13.1. The molecule has 13 heavy (non-hydrogen) atoms. The van der Waals surface area contributed by atoms with E-state index in [1.165, 1.54) is 4.90 Å². The summed E-state index contributed by atoms with van der Waals surface area (Å²) >= 11 is 0. The average molecular weight is 177 g/mol. The van der Waals surface area contributed by atoms with Crippen molar-refractivity contribution in [1.29, 1.82) is 0 Å². The number of nitrogens with zero attached hydrogens (tertiary/aromatic N) is 1. The zero-order valence-corrected chi connectivity index (χ0v) is 7.40. The number of hydrogen-bond donors (Lipinski definition) is 1. The zero-order chi connectivity index (χ0) is 9.42. The Kier molecular flexibility index (Phi) is 1.81. The van der Waals surface area contributed by atoms with Crippen molar-refractivity contribution >= 4 is 5.91 Å². The average Bonchev–Trinajstić information content (AvgIpc) is 2.45. The highest BCUT2D eigenvalue weighted by Crippen LogP contribution is 2.23. The first-order chi connectivity index (χ1) is 6.20. The van der Waals surface area contributed by atoms with E-state index in [0.717, 1.165) is 5.56 Å². The van der Waals surface area contributed by atoms with Crippen molar-refractivity contribution < 1.29 is 9.90 Å². The Morgan fingerprint density at radius 2 is 2.15 bits per heavy atom. The minimum atomic E-state index is -0.708. The molecule has 1 aromatic rings. The lowest BCUT2D eigenvalue weighted by molar-refractivity contribution is 0.0192. The van der Waals surface area contributed by atoms with Gasteiger partial charge in [0.05, 0.1) is 0 Å². The van der Waals surface area contributed by atoms with E-state index in [9.17, 15) is 9.90 Å². The second kappa shape index (κ2) is 2.85. The standard InChI is InChI=1S/C10H11NO2/c1-7(12)11-6-8-4-2-3-5-9(8)10(11)13/h2-5,7,12H,6H2,1H3. The maximum absolute atomic E-state index is 11.6. The number of aliphatic hydroxyl groups excluding tert-OH is 1. The Labute approximate surface area is 76.6 Å². The van der Waals surface area contributed by atoms with Crippen LogP contribution in [0.4, 0.5) is 0 Å². The van der Waals surface area contributed by atoms with Crippen LogP contribution >= 0.6 is 0 Å². The van der Waals surface area contributed by atoms with Gasteiger partial charge in [-0.2, -0.15) is 0 Å². The Morgan fingerprint density at radius 1 is 1.46 bits per heavy atom. The maximum Gasteiger partial charge on any atom is 0.256 e. The van der Waals surface area contributed by atoms with Crippen LogP contribution < -0.4 is 0 Å². The van der Waals surface area contributed by atoms with Gasteiger partial charge in [-0.1, -0.05) is 18.2 Å². The molecule has 3 nitrogen and oxygen atoms in total. The van der Waals surface area contributed by atoms with Gasteiger partial charge in [0.15, 0.2) is 0 Å². The summed E-state index contributed by atoms with van der Waals surface area (Å²) in [5, 5.41) is 9.30. The third kappa shape index (κ3) is 1.21. The fraction of sp³-hybridized carbons (Fsp3) is 0.300. The summed E-state index contributed by atoms with van der Waals surface area (Å²) in [5.74, 6) is -0.0781. The van der Waals surface area contributed by atoms with Gasteiger partial charge in [-0.3, -0.25) is 4.79 Å². The molecule has 1 N–H and O–H groups in total. The molecular formula is C10H11NO2. The van der Waals surface area contributed by atoms with Crippen LogP contribution in [0.1, 0.15) is 22.8 Å². The molecule has 0 fully saturated rings. The summed E-state index contributed by atoms with van der Waals surface area (Å²) < 4.78 is 0. The molecule has 3 heteroatoms. The summed E-state index contributed by atoms with van der Waals surface area (Å²) in [6.45, 7) is 2.12. The molecule has 0 radical (unpaired) electrons. The maximum atomic E-state index is 11.6. The molecule has 0 bridgehead atoms. The SMILES string of the molecule is CC(O)N1Cc2ccccc2C1=O. The first kappa shape index (κ1) is 8.26. The van der Waals surface area contributed by atoms with Crippen LogP contribution in [0.15, 0.2) is 24.3 Å². The molecule has 1 unspecified atom stereocenters. The minimum Gasteiger partial charge on any atom is -0.374 e. The Balaban J connectivity index is 2.38. The van der Waals surface area contributed by atoms with Crippen LogP contribution in [0.5, 0.6) is 0 Å². The van der Waals surface area contributed by atoms with Gasteiger partial charge in [0, 0.05) is 12.1 Å². The van der Waals surface area contributed by atoms with Crippen molar-refractivity contribution in [2.45, 2.75) is 19.7 Å². The van der Waals surface area contributed by atoms with Gasteiger partial charge < -0.3 is 10.0 Å². The first-order valence-electron chi connectivity index (χ1n) is 4.27. The van der Waals surface area contributed by atoms with Crippen LogP contribution in [0.3, 0.4) is 0 Å². The van der Waals surface area contributed by atoms with Gasteiger partial charge >= 0.3 is 0 Å². The highest BCUT2D eigenvalue weighted by Gasteiger charge is 2.28. The first-order valence-corrected chi connectivity index (χ1v) is 4.27. The van der Waals surface area contributed by atoms with Gasteiger partial charge in [0.1, 0.15) is 6.23 Å². The zero-order valence-electron chi connectivity index (χ0n) is 7.40. The van der Waals surface area contributed by atoms with Crippen molar-refractivity contribution in [3.05, 3.63) is 35.4 Å². The van der Waals surface area contributed by atoms with Crippen LogP contribution in [0.25, 0.3) is 0 Å². The third-order valence-corrected chi connectivity index (χ3v) is 2.30. The molecule has 1 aliphatic heterocycles. The fourth-order valence-electron chi connectivity index (χ4n) is 1.58. The second-order valence-corrected chi connectivity index (χ2v) is 3.22. The second-order valence-electron chi connectivity index (χ2n) is 3.22. The monoisotopic (exact) mass is 177 g/mol. The van der Waals surface area contributed by atoms with E-state index in [4.69, 9.17) is 0 Å². The van der Waals surface area contributed by atoms with Crippen molar-refractivity contribution in [1.82, 2.24) is 4.90 Å². The Morgan fingerprint density at radius 3 is 2.77 bits per heavy atom. The number of hydrogen-bond acceptors (Lipinski definition) is 2. The van der Waals surface area contributed by atoms with E-state index < -0.39 is 6.23 Å². The van der Waals surface area contributed by atoms with Crippen molar-refractivity contribution in [3.63, 3.8) is 0 Å². The van der Waals surface area contributed by atoms with Crippen molar-refractivity contribution in [3.8, 4) is 0 Å². The van der Waals surface area contributed by atoms with Crippen LogP contribution in [0.2, 0.25) is 0 Å². The number of carbonyl (C=O) groups excluding carboxylic acids is 1. The highest BCUT2D eigenvalue weighted by atomic mass is 16.3. The normalized spacial score (nSPS) is 17.4. The van der Waals surface area contributed by atoms with E-state index in [2.05, 4.69) is 0 Å². The number of rotatable bonds is 1. The van der Waals surface area contributed by atoms with Gasteiger partial charge in [-0.05, 0) is 18.6 Å². The van der Waals surface area contributed by atoms with E-state index >= 15 is 0 Å². The molecule has 0 spiro atoms. The molecule has 68 valence electrons. The van der Waals surface area contributed by atoms with Gasteiger partial charge in [0.2, 0.25) is 0 Å². The lowest BCUT2D eigenvalue weighted by atomic mass is 10.1. The number of aliphatic hydroxyl groups is 1. The predicted octanol–water partition coefficient (Wildman–Crippen LogP) is 0.981. The van der Waals surface area contributed by atoms with Gasteiger partial charge in [0.25, 0.3) is 5.91 Å². The summed E-state index contributed by atoms with van der Waals surface area (Å²) in [5.41, 5.74) is 1.71. The smallest absolute Gasteiger partial charge is 0.256 e. The quantitative estimate of drug-likeness (QED) is 0.694. The predicted molar refractivity (Wildman–Crippen MR) is 48.0 cm³/mol. The largest absolute Gasteiger partial charge is 0.374 e. The van der Waals surface area contributed by atoms with Crippen LogP contribution in [-0.4, -0.2) is 22.1 Å². The molecule has 2 rings (SSSR count). The summed E-state index contributed by atoms with van der Waals surface area (Å²) in [6, 6.07) is 7.44. The minimum absolute atomic E-state index is 0.0781. The fourth-order valence-corrected chi connectivity index (χ4v) is 1.58. The lowest BCUT2D eigenvalue weighted by Crippen LogP contribution is -2.32. The van der Waals surface area contributed by atoms with Crippen molar-refractivity contribution in [2.24, 2.45) is 0 Å². The molecule has 0 saturated carbocycles. The molecule has 1 aliphatic rings. The topological polar surface area (TPSA) is 40.5 Å². The summed E-state index contributed by atoms with van der Waals surface area (Å²) in [7, 11) is 0. The highest BCUT2D eigenvalue weighted by molar-refractivity contribution is 5.98. The van der Waals surface area contributed by atoms with E-state index in [-0.39, 0.29) is 5.91 Å². The number of fused-ring (bicyclic) bond motifs is 1. The third-order valence-electron chi connectivity index (χ3n) is 2.30. The molecule has 0 saturated heterocycles. The number of carbonyl (C=O) groups is 1. The van der Waals surface area contributed by atoms with Gasteiger partial charge in [-0.15, -0.1) is 0 Å². The molecular weight excluding hydrogens is 166 g/mol. The van der Waals surface area contributed by atoms with Crippen LogP contribution in [-0.2, 0) is 6.54 Å². The molecule has 1 heterocycles. The lowest BCUT2D eigenvalue weighted by Gasteiger charge is -2.18. The van der Waals surface area contributed by atoms with E-state index in [0.29, 0.717) is 12.1 Å². The van der Waals surface area contributed by atoms with Crippen LogP contribution in [0, 0.1) is 0 Å². The molecule has 1 aromatic carbocycles. The van der Waals surface area contributed by atoms with Gasteiger partial charge in [-0.25, -0.2) is 0 Å². The van der Waals surface area contributed by atoms with Crippen molar-refractivity contribution in [2.75, 3.05) is 0 Å². The molecule has 0 aromatic heterocycles. The molecule has 0 aliphatic carbocycles. The Bertz CT molecular complexity index is 347. The molecule has 1 atom stereocenters. The summed E-state index contributed by atoms with van der Waals surface area (Å²) in [6.07, 6.45) is -0.708. The number of benzene rings is 1. The van der Waals surface area contributed by atoms with E-state index in [1.807, 2.05) is 18.2 Å². The number of amides is 1. The van der Waals surface area contributed by atoms with E-state index in [1.54, 1.807) is 13.0 Å². The Hall–Kier alpha value is -1.35. The molecule has 1 amide bonds.